The molecule has 1 aliphatic heterocycles. The van der Waals surface area contributed by atoms with E-state index in [0.717, 1.165) is 41.6 Å². The van der Waals surface area contributed by atoms with E-state index in [1.165, 1.54) is 6.07 Å². The molecule has 4 rings (SSSR count). The molecule has 3 aromatic rings. The molecule has 1 aliphatic rings. The van der Waals surface area contributed by atoms with Crippen LogP contribution in [0.4, 0.5) is 10.1 Å². The fourth-order valence-corrected chi connectivity index (χ4v) is 3.83. The first-order valence-electron chi connectivity index (χ1n) is 8.91. The van der Waals surface area contributed by atoms with E-state index in [0.29, 0.717) is 22.6 Å². The average molecular weight is 476 g/mol. The third-order valence-corrected chi connectivity index (χ3v) is 5.33. The number of carbonyl (C=O) groups is 1. The van der Waals surface area contributed by atoms with Crippen LogP contribution in [0.15, 0.2) is 42.5 Å². The molecule has 0 saturated heterocycles. The Bertz CT molecular complexity index is 1000. The molecule has 0 unspecified atom stereocenters. The maximum absolute atomic E-state index is 14.5. The minimum absolute atomic E-state index is 0.230. The first-order valence-corrected chi connectivity index (χ1v) is 9.98. The molecule has 0 atom stereocenters. The van der Waals surface area contributed by atoms with Crippen molar-refractivity contribution in [2.45, 2.75) is 32.2 Å². The summed E-state index contributed by atoms with van der Waals surface area (Å²) in [5, 5.41) is 11.3. The maximum Gasteiger partial charge on any atom is 0.255 e. The lowest BCUT2D eigenvalue weighted by Crippen LogP contribution is -2.12. The van der Waals surface area contributed by atoms with Gasteiger partial charge in [-0.25, -0.2) is 4.39 Å². The predicted molar refractivity (Wildman–Crippen MR) is 110 cm³/mol. The van der Waals surface area contributed by atoms with Gasteiger partial charge in [-0.2, -0.15) is 0 Å². The quantitative estimate of drug-likeness (QED) is 0.560. The first-order chi connectivity index (χ1) is 13.1. The largest absolute Gasteiger partial charge is 0.322 e. The lowest BCUT2D eigenvalue weighted by atomic mass is 10.1. The van der Waals surface area contributed by atoms with Crippen LogP contribution in [-0.4, -0.2) is 20.7 Å². The van der Waals surface area contributed by atoms with Gasteiger partial charge in [0.15, 0.2) is 5.82 Å². The Kier molecular flexibility index (Phi) is 5.20. The van der Waals surface area contributed by atoms with E-state index >= 15 is 0 Å². The van der Waals surface area contributed by atoms with Gasteiger partial charge in [0.1, 0.15) is 11.6 Å². The molecular formula is C20H18FIN4O. The van der Waals surface area contributed by atoms with Crippen LogP contribution < -0.4 is 5.32 Å². The van der Waals surface area contributed by atoms with Crippen LogP contribution in [0.2, 0.25) is 0 Å². The van der Waals surface area contributed by atoms with Crippen molar-refractivity contribution in [1.29, 1.82) is 0 Å². The van der Waals surface area contributed by atoms with E-state index in [4.69, 9.17) is 0 Å². The first kappa shape index (κ1) is 18.1. The van der Waals surface area contributed by atoms with Crippen molar-refractivity contribution in [3.05, 3.63) is 63.2 Å². The summed E-state index contributed by atoms with van der Waals surface area (Å²) in [6.07, 6.45) is 4.10. The molecule has 0 spiro atoms. The van der Waals surface area contributed by atoms with Crippen LogP contribution in [0.25, 0.3) is 11.4 Å². The normalized spacial score (nSPS) is 13.7. The molecule has 0 fully saturated rings. The summed E-state index contributed by atoms with van der Waals surface area (Å²) in [4.78, 5) is 12.5. The van der Waals surface area contributed by atoms with Crippen molar-refractivity contribution in [3.63, 3.8) is 0 Å². The van der Waals surface area contributed by atoms with Gasteiger partial charge < -0.3 is 9.88 Å². The van der Waals surface area contributed by atoms with Gasteiger partial charge >= 0.3 is 0 Å². The van der Waals surface area contributed by atoms with Crippen LogP contribution >= 0.6 is 22.6 Å². The highest BCUT2D eigenvalue weighted by Crippen LogP contribution is 2.27. The zero-order valence-electron chi connectivity index (χ0n) is 14.6. The van der Waals surface area contributed by atoms with Gasteiger partial charge in [-0.1, -0.05) is 12.5 Å². The third-order valence-electron chi connectivity index (χ3n) is 4.66. The number of hydrogen-bond donors (Lipinski definition) is 1. The predicted octanol–water partition coefficient (Wildman–Crippen LogP) is 4.67. The number of nitrogens with zero attached hydrogens (tertiary/aromatic N) is 3. The number of anilines is 1. The van der Waals surface area contributed by atoms with Gasteiger partial charge in [0.25, 0.3) is 5.91 Å². The van der Waals surface area contributed by atoms with E-state index in [1.54, 1.807) is 24.3 Å². The van der Waals surface area contributed by atoms with Crippen molar-refractivity contribution in [1.82, 2.24) is 14.8 Å². The van der Waals surface area contributed by atoms with Crippen molar-refractivity contribution < 1.29 is 9.18 Å². The van der Waals surface area contributed by atoms with E-state index in [1.807, 2.05) is 16.7 Å². The van der Waals surface area contributed by atoms with Crippen molar-refractivity contribution in [2.24, 2.45) is 0 Å². The molecule has 0 aliphatic carbocycles. The summed E-state index contributed by atoms with van der Waals surface area (Å²) < 4.78 is 17.5. The van der Waals surface area contributed by atoms with Crippen molar-refractivity contribution >= 4 is 34.2 Å². The minimum Gasteiger partial charge on any atom is -0.322 e. The lowest BCUT2D eigenvalue weighted by Gasteiger charge is -2.10. The summed E-state index contributed by atoms with van der Waals surface area (Å²) in [7, 11) is 0. The highest BCUT2D eigenvalue weighted by Gasteiger charge is 2.19. The van der Waals surface area contributed by atoms with E-state index in [9.17, 15) is 9.18 Å². The molecule has 27 heavy (non-hydrogen) atoms. The fourth-order valence-electron chi connectivity index (χ4n) is 3.29. The molecule has 1 N–H and O–H groups in total. The van der Waals surface area contributed by atoms with E-state index in [-0.39, 0.29) is 11.7 Å². The summed E-state index contributed by atoms with van der Waals surface area (Å²) in [6.45, 7) is 0.788. The number of carbonyl (C=O) groups excluding carboxylic acids is 1. The maximum atomic E-state index is 14.5. The Labute approximate surface area is 170 Å². The highest BCUT2D eigenvalue weighted by molar-refractivity contribution is 14.1. The molecule has 2 heterocycles. The number of halogens is 2. The van der Waals surface area contributed by atoms with Crippen LogP contribution in [0.5, 0.6) is 0 Å². The second-order valence-corrected chi connectivity index (χ2v) is 7.81. The van der Waals surface area contributed by atoms with Gasteiger partial charge in [-0.15, -0.1) is 10.2 Å². The summed E-state index contributed by atoms with van der Waals surface area (Å²) >= 11 is 2.16. The van der Waals surface area contributed by atoms with Crippen LogP contribution in [0, 0.1) is 9.39 Å². The Balaban J connectivity index is 1.64. The third kappa shape index (κ3) is 3.87. The zero-order valence-corrected chi connectivity index (χ0v) is 16.7. The van der Waals surface area contributed by atoms with Gasteiger partial charge in [-0.3, -0.25) is 4.79 Å². The number of nitrogens with one attached hydrogen (secondary N) is 1. The van der Waals surface area contributed by atoms with Crippen molar-refractivity contribution in [2.75, 3.05) is 5.32 Å². The molecule has 138 valence electrons. The number of hydrogen-bond acceptors (Lipinski definition) is 3. The van der Waals surface area contributed by atoms with E-state index in [2.05, 4.69) is 38.1 Å². The SMILES string of the molecule is O=C(Nc1ccc(F)c(-c2nnc3n2CCCCC3)c1)c1cccc(I)c1. The molecule has 2 aromatic carbocycles. The highest BCUT2D eigenvalue weighted by atomic mass is 127. The molecule has 0 bridgehead atoms. The molecule has 5 nitrogen and oxygen atoms in total. The zero-order chi connectivity index (χ0) is 18.8. The molecule has 7 heteroatoms. The van der Waals surface area contributed by atoms with E-state index < -0.39 is 0 Å². The summed E-state index contributed by atoms with van der Waals surface area (Å²) in [5.41, 5.74) is 1.45. The van der Waals surface area contributed by atoms with Crippen LogP contribution in [-0.2, 0) is 13.0 Å². The molecule has 1 amide bonds. The number of aromatic nitrogens is 3. The molecular weight excluding hydrogens is 458 g/mol. The number of aryl methyl sites for hydroxylation is 1. The lowest BCUT2D eigenvalue weighted by molar-refractivity contribution is 0.102. The smallest absolute Gasteiger partial charge is 0.255 e. The second-order valence-electron chi connectivity index (χ2n) is 6.56. The monoisotopic (exact) mass is 476 g/mol. The molecule has 0 saturated carbocycles. The van der Waals surface area contributed by atoms with Crippen LogP contribution in [0.1, 0.15) is 35.4 Å². The Morgan fingerprint density at radius 2 is 2.00 bits per heavy atom. The fraction of sp³-hybridized carbons (Fsp3) is 0.250. The van der Waals surface area contributed by atoms with Crippen LogP contribution in [0.3, 0.4) is 0 Å². The Morgan fingerprint density at radius 1 is 1.11 bits per heavy atom. The topological polar surface area (TPSA) is 59.8 Å². The minimum atomic E-state index is -0.373. The standard InChI is InChI=1S/C20H18FIN4O/c21-17-9-8-15(23-20(27)13-5-4-6-14(22)11-13)12-16(17)19-25-24-18-7-2-1-3-10-26(18)19/h4-6,8-9,11-12H,1-3,7,10H2,(H,23,27). The Morgan fingerprint density at radius 3 is 2.85 bits per heavy atom. The number of fused-ring (bicyclic) bond motifs is 1. The molecule has 0 radical (unpaired) electrons. The molecule has 1 aromatic heterocycles. The van der Waals surface area contributed by atoms with Gasteiger partial charge in [0.05, 0.1) is 5.56 Å². The van der Waals surface area contributed by atoms with Crippen molar-refractivity contribution in [3.8, 4) is 11.4 Å². The number of benzene rings is 2. The summed E-state index contributed by atoms with van der Waals surface area (Å²) in [5.74, 6) is 0.817. The van der Waals surface area contributed by atoms with Gasteiger partial charge in [0.2, 0.25) is 0 Å². The number of amides is 1. The average Bonchev–Trinajstić information content (AvgIpc) is 2.91. The second kappa shape index (κ2) is 7.75. The van der Waals surface area contributed by atoms with Gasteiger partial charge in [-0.05, 0) is 71.8 Å². The number of rotatable bonds is 3. The Hall–Kier alpha value is -2.29. The van der Waals surface area contributed by atoms with Gasteiger partial charge in [0, 0.05) is 27.8 Å². The summed E-state index contributed by atoms with van der Waals surface area (Å²) in [6, 6.07) is 11.9.